The van der Waals surface area contributed by atoms with E-state index in [0.29, 0.717) is 23.3 Å². The van der Waals surface area contributed by atoms with Crippen molar-refractivity contribution in [1.82, 2.24) is 5.32 Å². The van der Waals surface area contributed by atoms with Crippen molar-refractivity contribution in [2.45, 2.75) is 53.0 Å². The molecular formula is C12H23NO2. The summed E-state index contributed by atoms with van der Waals surface area (Å²) in [4.78, 5) is 10.3. The van der Waals surface area contributed by atoms with Crippen molar-refractivity contribution in [1.29, 1.82) is 0 Å². The SMILES string of the molecule is CC1(C)C(NCCCCC(=O)O)C1(C)C. The standard InChI is InChI=1S/C12H23NO2/c1-11(2)10(12(11,3)4)13-8-6-5-7-9(14)15/h10,13H,5-8H2,1-4H3,(H,14,15). The largest absolute Gasteiger partial charge is 0.481 e. The van der Waals surface area contributed by atoms with Gasteiger partial charge in [0.15, 0.2) is 0 Å². The predicted octanol–water partition coefficient (Wildman–Crippen LogP) is 2.27. The van der Waals surface area contributed by atoms with E-state index in [1.807, 2.05) is 0 Å². The van der Waals surface area contributed by atoms with Crippen LogP contribution in [0.4, 0.5) is 0 Å². The van der Waals surface area contributed by atoms with Crippen molar-refractivity contribution in [2.75, 3.05) is 6.54 Å². The van der Waals surface area contributed by atoms with Gasteiger partial charge in [-0.3, -0.25) is 4.79 Å². The first-order chi connectivity index (χ1) is 6.80. The third-order valence-electron chi connectivity index (χ3n) is 4.19. The molecule has 1 rings (SSSR count). The molecule has 0 unspecified atom stereocenters. The minimum Gasteiger partial charge on any atom is -0.481 e. The maximum atomic E-state index is 10.3. The average molecular weight is 213 g/mol. The normalized spacial score (nSPS) is 22.7. The fraction of sp³-hybridized carbons (Fsp3) is 0.917. The van der Waals surface area contributed by atoms with Gasteiger partial charge in [0.25, 0.3) is 0 Å². The zero-order valence-corrected chi connectivity index (χ0v) is 10.3. The summed E-state index contributed by atoms with van der Waals surface area (Å²) < 4.78 is 0. The highest BCUT2D eigenvalue weighted by molar-refractivity contribution is 5.66. The third-order valence-corrected chi connectivity index (χ3v) is 4.19. The average Bonchev–Trinajstić information content (AvgIpc) is 2.45. The molecule has 3 nitrogen and oxygen atoms in total. The van der Waals surface area contributed by atoms with E-state index in [-0.39, 0.29) is 0 Å². The third kappa shape index (κ3) is 2.51. The van der Waals surface area contributed by atoms with Gasteiger partial charge in [0, 0.05) is 12.5 Å². The number of nitrogens with one attached hydrogen (secondary N) is 1. The van der Waals surface area contributed by atoms with E-state index in [4.69, 9.17) is 5.11 Å². The molecule has 1 fully saturated rings. The Morgan fingerprint density at radius 3 is 2.13 bits per heavy atom. The van der Waals surface area contributed by atoms with Crippen LogP contribution in [0.2, 0.25) is 0 Å². The van der Waals surface area contributed by atoms with Crippen LogP contribution in [0.15, 0.2) is 0 Å². The molecule has 1 aliphatic carbocycles. The first kappa shape index (κ1) is 12.5. The Kier molecular flexibility index (Phi) is 3.44. The lowest BCUT2D eigenvalue weighted by Crippen LogP contribution is -2.23. The minimum absolute atomic E-state index is 0.291. The molecule has 88 valence electrons. The van der Waals surface area contributed by atoms with Gasteiger partial charge in [-0.1, -0.05) is 27.7 Å². The van der Waals surface area contributed by atoms with Gasteiger partial charge < -0.3 is 10.4 Å². The molecule has 1 aliphatic rings. The quantitative estimate of drug-likeness (QED) is 0.665. The lowest BCUT2D eigenvalue weighted by Gasteiger charge is -2.05. The lowest BCUT2D eigenvalue weighted by molar-refractivity contribution is -0.137. The van der Waals surface area contributed by atoms with Gasteiger partial charge in [-0.05, 0) is 30.2 Å². The van der Waals surface area contributed by atoms with E-state index in [1.165, 1.54) is 0 Å². The van der Waals surface area contributed by atoms with Crippen LogP contribution in [-0.4, -0.2) is 23.7 Å². The Morgan fingerprint density at radius 1 is 1.20 bits per heavy atom. The summed E-state index contributed by atoms with van der Waals surface area (Å²) in [5.74, 6) is -0.693. The number of hydrogen-bond acceptors (Lipinski definition) is 2. The number of carbonyl (C=O) groups is 1. The molecular weight excluding hydrogens is 190 g/mol. The van der Waals surface area contributed by atoms with Crippen LogP contribution in [0.25, 0.3) is 0 Å². The summed E-state index contributed by atoms with van der Waals surface area (Å²) in [6, 6.07) is 0.579. The zero-order chi connectivity index (χ0) is 11.7. The van der Waals surface area contributed by atoms with Crippen molar-refractivity contribution >= 4 is 5.97 Å². The van der Waals surface area contributed by atoms with Crippen LogP contribution in [-0.2, 0) is 4.79 Å². The van der Waals surface area contributed by atoms with Crippen molar-refractivity contribution in [3.05, 3.63) is 0 Å². The maximum Gasteiger partial charge on any atom is 0.303 e. The number of unbranched alkanes of at least 4 members (excludes halogenated alkanes) is 1. The fourth-order valence-corrected chi connectivity index (χ4v) is 2.35. The van der Waals surface area contributed by atoms with Crippen LogP contribution in [0.1, 0.15) is 47.0 Å². The molecule has 0 aromatic heterocycles. The van der Waals surface area contributed by atoms with E-state index in [1.54, 1.807) is 0 Å². The number of hydrogen-bond donors (Lipinski definition) is 2. The highest BCUT2D eigenvalue weighted by Crippen LogP contribution is 2.62. The summed E-state index contributed by atoms with van der Waals surface area (Å²) in [5, 5.41) is 12.0. The smallest absolute Gasteiger partial charge is 0.303 e. The molecule has 15 heavy (non-hydrogen) atoms. The number of carboxylic acids is 1. The Morgan fingerprint density at radius 2 is 1.73 bits per heavy atom. The Balaban J connectivity index is 2.11. The fourth-order valence-electron chi connectivity index (χ4n) is 2.35. The highest BCUT2D eigenvalue weighted by Gasteiger charge is 2.64. The zero-order valence-electron chi connectivity index (χ0n) is 10.3. The summed E-state index contributed by atoms with van der Waals surface area (Å²) in [6.45, 7) is 10.1. The predicted molar refractivity (Wildman–Crippen MR) is 60.8 cm³/mol. The second kappa shape index (κ2) is 4.12. The molecule has 0 atom stereocenters. The minimum atomic E-state index is -0.693. The lowest BCUT2D eigenvalue weighted by atomic mass is 10.0. The summed E-state index contributed by atoms with van der Waals surface area (Å²) in [5.41, 5.74) is 0.750. The first-order valence-electron chi connectivity index (χ1n) is 5.75. The van der Waals surface area contributed by atoms with E-state index >= 15 is 0 Å². The van der Waals surface area contributed by atoms with Crippen LogP contribution in [0.3, 0.4) is 0 Å². The topological polar surface area (TPSA) is 49.3 Å². The molecule has 0 heterocycles. The van der Waals surface area contributed by atoms with E-state index in [2.05, 4.69) is 33.0 Å². The van der Waals surface area contributed by atoms with Gasteiger partial charge in [-0.2, -0.15) is 0 Å². The summed E-state index contributed by atoms with van der Waals surface area (Å²) in [6.07, 6.45) is 2.02. The van der Waals surface area contributed by atoms with Gasteiger partial charge >= 0.3 is 5.97 Å². The van der Waals surface area contributed by atoms with Gasteiger partial charge in [0.2, 0.25) is 0 Å². The second-order valence-electron chi connectivity index (χ2n) is 5.68. The molecule has 0 amide bonds. The van der Waals surface area contributed by atoms with Gasteiger partial charge in [0.05, 0.1) is 0 Å². The van der Waals surface area contributed by atoms with Crippen LogP contribution in [0, 0.1) is 10.8 Å². The summed E-state index contributed by atoms with van der Waals surface area (Å²) in [7, 11) is 0. The van der Waals surface area contributed by atoms with Crippen molar-refractivity contribution in [3.8, 4) is 0 Å². The van der Waals surface area contributed by atoms with Crippen molar-refractivity contribution in [2.24, 2.45) is 10.8 Å². The molecule has 0 spiro atoms. The first-order valence-corrected chi connectivity index (χ1v) is 5.75. The van der Waals surface area contributed by atoms with Crippen LogP contribution < -0.4 is 5.32 Å². The van der Waals surface area contributed by atoms with Crippen LogP contribution in [0.5, 0.6) is 0 Å². The van der Waals surface area contributed by atoms with Gasteiger partial charge in [0.1, 0.15) is 0 Å². The van der Waals surface area contributed by atoms with Crippen molar-refractivity contribution in [3.63, 3.8) is 0 Å². The van der Waals surface area contributed by atoms with E-state index < -0.39 is 5.97 Å². The van der Waals surface area contributed by atoms with Gasteiger partial charge in [-0.15, -0.1) is 0 Å². The molecule has 0 bridgehead atoms. The van der Waals surface area contributed by atoms with E-state index in [0.717, 1.165) is 19.4 Å². The van der Waals surface area contributed by atoms with Gasteiger partial charge in [-0.25, -0.2) is 0 Å². The number of carboxylic acid groups (broad SMARTS) is 1. The number of aliphatic carboxylic acids is 1. The maximum absolute atomic E-state index is 10.3. The second-order valence-corrected chi connectivity index (χ2v) is 5.68. The molecule has 0 aromatic rings. The molecule has 0 aliphatic heterocycles. The summed E-state index contributed by atoms with van der Waals surface area (Å²) >= 11 is 0. The monoisotopic (exact) mass is 213 g/mol. The van der Waals surface area contributed by atoms with E-state index in [9.17, 15) is 4.79 Å². The molecule has 1 saturated carbocycles. The molecule has 0 radical (unpaired) electrons. The Hall–Kier alpha value is -0.570. The number of rotatable bonds is 6. The Labute approximate surface area is 92.3 Å². The molecule has 0 saturated heterocycles. The van der Waals surface area contributed by atoms with Crippen LogP contribution >= 0.6 is 0 Å². The Bertz CT molecular complexity index is 232. The highest BCUT2D eigenvalue weighted by atomic mass is 16.4. The van der Waals surface area contributed by atoms with Crippen molar-refractivity contribution < 1.29 is 9.90 Å². The molecule has 3 heteroatoms. The molecule has 2 N–H and O–H groups in total. The molecule has 0 aromatic carbocycles.